The van der Waals surface area contributed by atoms with Crippen LogP contribution >= 0.6 is 11.8 Å². The minimum absolute atomic E-state index is 0.149. The van der Waals surface area contributed by atoms with E-state index in [0.717, 1.165) is 25.1 Å². The van der Waals surface area contributed by atoms with E-state index in [9.17, 15) is 4.79 Å². The Kier molecular flexibility index (Phi) is 5.73. The summed E-state index contributed by atoms with van der Waals surface area (Å²) in [5, 5.41) is 2.99. The number of amides is 1. The highest BCUT2D eigenvalue weighted by atomic mass is 32.2. The molecule has 1 aliphatic rings. The molecule has 0 aromatic heterocycles. The van der Waals surface area contributed by atoms with E-state index in [1.807, 2.05) is 18.2 Å². The zero-order valence-corrected chi connectivity index (χ0v) is 12.0. The van der Waals surface area contributed by atoms with Crippen LogP contribution in [0.4, 0.5) is 0 Å². The molecule has 2 atom stereocenters. The minimum atomic E-state index is 0.149. The van der Waals surface area contributed by atoms with Crippen molar-refractivity contribution in [1.29, 1.82) is 0 Å². The van der Waals surface area contributed by atoms with Gasteiger partial charge in [0.25, 0.3) is 0 Å². The Balaban J connectivity index is 1.59. The normalized spacial score (nSPS) is 22.4. The molecular formula is C15H22N2OS. The summed E-state index contributed by atoms with van der Waals surface area (Å²) in [6.45, 7) is 0.723. The third kappa shape index (κ3) is 4.88. The van der Waals surface area contributed by atoms with Crippen molar-refractivity contribution in [2.45, 2.75) is 36.6 Å². The number of hydrogen-bond donors (Lipinski definition) is 2. The van der Waals surface area contributed by atoms with E-state index >= 15 is 0 Å². The van der Waals surface area contributed by atoms with Gasteiger partial charge in [0.1, 0.15) is 0 Å². The second-order valence-electron chi connectivity index (χ2n) is 5.07. The highest BCUT2D eigenvalue weighted by molar-refractivity contribution is 7.99. The molecule has 1 aromatic rings. The molecule has 104 valence electrons. The minimum Gasteiger partial charge on any atom is -0.355 e. The topological polar surface area (TPSA) is 55.1 Å². The number of carbonyl (C=O) groups is 1. The molecule has 1 fully saturated rings. The van der Waals surface area contributed by atoms with Crippen LogP contribution in [0.2, 0.25) is 0 Å². The van der Waals surface area contributed by atoms with Crippen molar-refractivity contribution in [3.8, 4) is 0 Å². The van der Waals surface area contributed by atoms with Crippen LogP contribution < -0.4 is 11.1 Å². The highest BCUT2D eigenvalue weighted by Crippen LogP contribution is 2.26. The number of nitrogens with one attached hydrogen (secondary N) is 1. The maximum Gasteiger partial charge on any atom is 0.220 e. The Bertz CT molecular complexity index is 396. The average molecular weight is 278 g/mol. The predicted octanol–water partition coefficient (Wildman–Crippen LogP) is 2.41. The summed E-state index contributed by atoms with van der Waals surface area (Å²) in [5.41, 5.74) is 5.97. The summed E-state index contributed by atoms with van der Waals surface area (Å²) in [6.07, 6.45) is 3.94. The number of hydrogen-bond acceptors (Lipinski definition) is 3. The van der Waals surface area contributed by atoms with Gasteiger partial charge in [-0.05, 0) is 30.9 Å². The number of rotatable bonds is 6. The van der Waals surface area contributed by atoms with Crippen molar-refractivity contribution in [3.05, 3.63) is 30.3 Å². The zero-order valence-electron chi connectivity index (χ0n) is 11.2. The summed E-state index contributed by atoms with van der Waals surface area (Å²) in [5.74, 6) is 1.45. The first-order valence-corrected chi connectivity index (χ1v) is 7.94. The fraction of sp³-hybridized carbons (Fsp3) is 0.533. The van der Waals surface area contributed by atoms with Crippen LogP contribution in [-0.4, -0.2) is 24.2 Å². The van der Waals surface area contributed by atoms with E-state index in [0.29, 0.717) is 12.3 Å². The van der Waals surface area contributed by atoms with Crippen LogP contribution in [0.3, 0.4) is 0 Å². The molecule has 2 rings (SSSR count). The predicted molar refractivity (Wildman–Crippen MR) is 80.1 cm³/mol. The van der Waals surface area contributed by atoms with E-state index in [4.69, 9.17) is 5.73 Å². The lowest BCUT2D eigenvalue weighted by Crippen LogP contribution is -2.32. The quantitative estimate of drug-likeness (QED) is 0.620. The molecule has 1 saturated carbocycles. The number of benzene rings is 1. The summed E-state index contributed by atoms with van der Waals surface area (Å²) in [7, 11) is 0. The maximum absolute atomic E-state index is 11.8. The molecule has 0 saturated heterocycles. The average Bonchev–Trinajstić information content (AvgIpc) is 2.82. The van der Waals surface area contributed by atoms with E-state index in [2.05, 4.69) is 17.4 Å². The van der Waals surface area contributed by atoms with Crippen molar-refractivity contribution in [2.75, 3.05) is 12.3 Å². The van der Waals surface area contributed by atoms with Gasteiger partial charge in [0, 0.05) is 29.7 Å². The Morgan fingerprint density at radius 2 is 2.11 bits per heavy atom. The third-order valence-corrected chi connectivity index (χ3v) is 4.62. The SMILES string of the molecule is N[C@@H]1CCC[C@H]1CC(=O)NCCSc1ccccc1. The monoisotopic (exact) mass is 278 g/mol. The van der Waals surface area contributed by atoms with E-state index < -0.39 is 0 Å². The molecule has 3 nitrogen and oxygen atoms in total. The molecule has 1 amide bonds. The molecule has 0 radical (unpaired) electrons. The van der Waals surface area contributed by atoms with Crippen molar-refractivity contribution in [3.63, 3.8) is 0 Å². The Morgan fingerprint density at radius 3 is 2.79 bits per heavy atom. The van der Waals surface area contributed by atoms with E-state index in [1.165, 1.54) is 11.3 Å². The van der Waals surface area contributed by atoms with Crippen LogP contribution in [0.15, 0.2) is 35.2 Å². The Labute approximate surface area is 119 Å². The van der Waals surface area contributed by atoms with Gasteiger partial charge in [0.15, 0.2) is 0 Å². The van der Waals surface area contributed by atoms with Crippen molar-refractivity contribution in [1.82, 2.24) is 5.32 Å². The third-order valence-electron chi connectivity index (χ3n) is 3.60. The van der Waals surface area contributed by atoms with Gasteiger partial charge >= 0.3 is 0 Å². The zero-order chi connectivity index (χ0) is 13.5. The lowest BCUT2D eigenvalue weighted by Gasteiger charge is -2.14. The standard InChI is InChI=1S/C15H22N2OS/c16-14-8-4-5-12(14)11-15(18)17-9-10-19-13-6-2-1-3-7-13/h1-3,6-7,12,14H,4-5,8-11,16H2,(H,17,18)/t12-,14+/m0/s1. The summed E-state index contributed by atoms with van der Waals surface area (Å²) in [4.78, 5) is 13.0. The first kappa shape index (κ1) is 14.4. The van der Waals surface area contributed by atoms with Crippen LogP contribution in [0.5, 0.6) is 0 Å². The summed E-state index contributed by atoms with van der Waals surface area (Å²) in [6, 6.07) is 10.5. The van der Waals surface area contributed by atoms with Gasteiger partial charge in [0.05, 0.1) is 0 Å². The maximum atomic E-state index is 11.8. The molecule has 4 heteroatoms. The first-order valence-electron chi connectivity index (χ1n) is 6.96. The summed E-state index contributed by atoms with van der Waals surface area (Å²) >= 11 is 1.77. The van der Waals surface area contributed by atoms with Crippen LogP contribution in [-0.2, 0) is 4.79 Å². The van der Waals surface area contributed by atoms with Crippen molar-refractivity contribution >= 4 is 17.7 Å². The van der Waals surface area contributed by atoms with Crippen LogP contribution in [0, 0.1) is 5.92 Å². The highest BCUT2D eigenvalue weighted by Gasteiger charge is 2.25. The Hall–Kier alpha value is -1.00. The van der Waals surface area contributed by atoms with Gasteiger partial charge in [-0.25, -0.2) is 0 Å². The van der Waals surface area contributed by atoms with Gasteiger partial charge in [-0.1, -0.05) is 24.6 Å². The second-order valence-corrected chi connectivity index (χ2v) is 6.24. The van der Waals surface area contributed by atoms with Gasteiger partial charge in [-0.2, -0.15) is 0 Å². The molecule has 0 unspecified atom stereocenters. The van der Waals surface area contributed by atoms with Gasteiger partial charge in [0.2, 0.25) is 5.91 Å². The van der Waals surface area contributed by atoms with E-state index in [-0.39, 0.29) is 11.9 Å². The first-order chi connectivity index (χ1) is 9.25. The lowest BCUT2D eigenvalue weighted by atomic mass is 10.00. The fourth-order valence-corrected chi connectivity index (χ4v) is 3.29. The number of thioether (sulfide) groups is 1. The molecule has 0 heterocycles. The lowest BCUT2D eigenvalue weighted by molar-refractivity contribution is -0.121. The molecule has 1 aromatic carbocycles. The molecule has 0 bridgehead atoms. The largest absolute Gasteiger partial charge is 0.355 e. The van der Waals surface area contributed by atoms with Gasteiger partial charge in [-0.15, -0.1) is 11.8 Å². The molecule has 1 aliphatic carbocycles. The van der Waals surface area contributed by atoms with Crippen molar-refractivity contribution < 1.29 is 4.79 Å². The summed E-state index contributed by atoms with van der Waals surface area (Å²) < 4.78 is 0. The number of nitrogens with two attached hydrogens (primary N) is 1. The molecule has 3 N–H and O–H groups in total. The van der Waals surface area contributed by atoms with E-state index in [1.54, 1.807) is 11.8 Å². The molecule has 19 heavy (non-hydrogen) atoms. The molecule has 0 spiro atoms. The fourth-order valence-electron chi connectivity index (χ4n) is 2.51. The van der Waals surface area contributed by atoms with Crippen LogP contribution in [0.25, 0.3) is 0 Å². The molecule has 0 aliphatic heterocycles. The van der Waals surface area contributed by atoms with Gasteiger partial charge < -0.3 is 11.1 Å². The Morgan fingerprint density at radius 1 is 1.32 bits per heavy atom. The van der Waals surface area contributed by atoms with Crippen LogP contribution in [0.1, 0.15) is 25.7 Å². The smallest absolute Gasteiger partial charge is 0.220 e. The molecular weight excluding hydrogens is 256 g/mol. The second kappa shape index (κ2) is 7.56. The number of carbonyl (C=O) groups excluding carboxylic acids is 1. The van der Waals surface area contributed by atoms with Gasteiger partial charge in [-0.3, -0.25) is 4.79 Å². The van der Waals surface area contributed by atoms with Crippen molar-refractivity contribution in [2.24, 2.45) is 11.7 Å².